The highest BCUT2D eigenvalue weighted by molar-refractivity contribution is 5.98. The first-order chi connectivity index (χ1) is 16.3. The SMILES string of the molecule is CC(C)CC(NC(=O)c1cccc(-c2ccc(-c3ccccc3)cc2)c1)C(=O)N(C)N(C)C#N. The average Bonchev–Trinajstić information content (AvgIpc) is 2.87. The van der Waals surface area contributed by atoms with Gasteiger partial charge in [-0.3, -0.25) is 9.59 Å². The molecular weight excluding hydrogens is 424 g/mol. The molecule has 0 aliphatic carbocycles. The van der Waals surface area contributed by atoms with Gasteiger partial charge in [-0.25, -0.2) is 10.0 Å². The minimum Gasteiger partial charge on any atom is -0.340 e. The van der Waals surface area contributed by atoms with Gasteiger partial charge in [-0.2, -0.15) is 5.26 Å². The van der Waals surface area contributed by atoms with Crippen LogP contribution in [0.4, 0.5) is 0 Å². The summed E-state index contributed by atoms with van der Waals surface area (Å²) in [5.74, 6) is -0.474. The van der Waals surface area contributed by atoms with Crippen LogP contribution in [0.25, 0.3) is 22.3 Å². The van der Waals surface area contributed by atoms with E-state index in [1.807, 2.05) is 68.6 Å². The topological polar surface area (TPSA) is 76.4 Å². The predicted octanol–water partition coefficient (Wildman–Crippen LogP) is 4.95. The van der Waals surface area contributed by atoms with Gasteiger partial charge in [0.2, 0.25) is 0 Å². The second kappa shape index (κ2) is 11.2. The summed E-state index contributed by atoms with van der Waals surface area (Å²) in [7, 11) is 3.02. The van der Waals surface area contributed by atoms with Crippen molar-refractivity contribution < 1.29 is 9.59 Å². The Kier molecular flexibility index (Phi) is 8.05. The van der Waals surface area contributed by atoms with Crippen LogP contribution in [-0.2, 0) is 4.79 Å². The lowest BCUT2D eigenvalue weighted by Gasteiger charge is -2.28. The van der Waals surface area contributed by atoms with Crippen molar-refractivity contribution in [3.05, 3.63) is 84.4 Å². The predicted molar refractivity (Wildman–Crippen MR) is 134 cm³/mol. The van der Waals surface area contributed by atoms with Crippen LogP contribution in [0.5, 0.6) is 0 Å². The normalized spacial score (nSPS) is 11.4. The molecule has 3 aromatic rings. The molecule has 3 aromatic carbocycles. The van der Waals surface area contributed by atoms with Gasteiger partial charge in [0.05, 0.1) is 0 Å². The fourth-order valence-electron chi connectivity index (χ4n) is 3.70. The highest BCUT2D eigenvalue weighted by Crippen LogP contribution is 2.25. The van der Waals surface area contributed by atoms with Crippen LogP contribution in [0.15, 0.2) is 78.9 Å². The molecule has 6 nitrogen and oxygen atoms in total. The lowest BCUT2D eigenvalue weighted by atomic mass is 9.98. The summed E-state index contributed by atoms with van der Waals surface area (Å²) < 4.78 is 0. The van der Waals surface area contributed by atoms with E-state index >= 15 is 0 Å². The third kappa shape index (κ3) is 6.02. The Labute approximate surface area is 201 Å². The van der Waals surface area contributed by atoms with Crippen LogP contribution in [0.3, 0.4) is 0 Å². The van der Waals surface area contributed by atoms with Gasteiger partial charge in [-0.1, -0.05) is 80.6 Å². The Bertz CT molecular complexity index is 1170. The third-order valence-corrected chi connectivity index (χ3v) is 5.67. The Morgan fingerprint density at radius 2 is 1.41 bits per heavy atom. The molecule has 0 heterocycles. The van der Waals surface area contributed by atoms with E-state index in [0.29, 0.717) is 12.0 Å². The number of benzene rings is 3. The molecule has 0 aliphatic rings. The maximum atomic E-state index is 13.1. The van der Waals surface area contributed by atoms with Crippen molar-refractivity contribution in [1.29, 1.82) is 5.26 Å². The number of amides is 2. The molecule has 0 spiro atoms. The second-order valence-electron chi connectivity index (χ2n) is 8.67. The number of hydrogen-bond acceptors (Lipinski definition) is 4. The number of likely N-dealkylation sites (N-methyl/N-ethyl adjacent to an activating group) is 1. The van der Waals surface area contributed by atoms with Gasteiger partial charge in [-0.05, 0) is 46.7 Å². The quantitative estimate of drug-likeness (QED) is 0.297. The van der Waals surface area contributed by atoms with Gasteiger partial charge >= 0.3 is 0 Å². The van der Waals surface area contributed by atoms with E-state index in [0.717, 1.165) is 27.3 Å². The fourth-order valence-corrected chi connectivity index (χ4v) is 3.70. The number of hydrogen-bond donors (Lipinski definition) is 1. The van der Waals surface area contributed by atoms with Crippen LogP contribution >= 0.6 is 0 Å². The number of nitrogens with one attached hydrogen (secondary N) is 1. The molecule has 1 N–H and O–H groups in total. The minimum absolute atomic E-state index is 0.185. The number of rotatable bonds is 8. The van der Waals surface area contributed by atoms with Crippen LogP contribution in [-0.4, -0.2) is 42.0 Å². The molecule has 0 aliphatic heterocycles. The van der Waals surface area contributed by atoms with Crippen molar-refractivity contribution in [1.82, 2.24) is 15.3 Å². The van der Waals surface area contributed by atoms with Crippen LogP contribution in [0, 0.1) is 17.4 Å². The van der Waals surface area contributed by atoms with Crippen LogP contribution in [0.2, 0.25) is 0 Å². The van der Waals surface area contributed by atoms with Crippen molar-refractivity contribution in [2.75, 3.05) is 14.1 Å². The standard InChI is InChI=1S/C28H30N4O2/c1-20(2)17-26(28(34)32(4)31(3)19-29)30-27(33)25-12-8-11-24(18-25)23-15-13-22(14-16-23)21-9-6-5-7-10-21/h5-16,18,20,26H,17H2,1-4H3,(H,30,33). The fraction of sp³-hybridized carbons (Fsp3) is 0.250. The first-order valence-electron chi connectivity index (χ1n) is 11.3. The van der Waals surface area contributed by atoms with E-state index in [-0.39, 0.29) is 17.7 Å². The molecule has 1 unspecified atom stereocenters. The van der Waals surface area contributed by atoms with E-state index in [1.165, 1.54) is 19.1 Å². The van der Waals surface area contributed by atoms with Gasteiger partial charge in [-0.15, -0.1) is 0 Å². The van der Waals surface area contributed by atoms with Crippen molar-refractivity contribution >= 4 is 11.8 Å². The highest BCUT2D eigenvalue weighted by Gasteiger charge is 2.27. The van der Waals surface area contributed by atoms with Gasteiger partial charge < -0.3 is 5.32 Å². The summed E-state index contributed by atoms with van der Waals surface area (Å²) >= 11 is 0. The Morgan fingerprint density at radius 3 is 2.00 bits per heavy atom. The van der Waals surface area contributed by atoms with Gasteiger partial charge in [0.1, 0.15) is 6.04 Å². The lowest BCUT2D eigenvalue weighted by Crippen LogP contribution is -2.51. The molecule has 0 radical (unpaired) electrons. The van der Waals surface area contributed by atoms with Gasteiger partial charge in [0.25, 0.3) is 11.8 Å². The largest absolute Gasteiger partial charge is 0.340 e. The molecule has 0 saturated carbocycles. The Morgan fingerprint density at radius 1 is 0.853 bits per heavy atom. The molecular formula is C28H30N4O2. The molecule has 174 valence electrons. The Balaban J connectivity index is 1.79. The molecule has 0 saturated heterocycles. The molecule has 6 heteroatoms. The van der Waals surface area contributed by atoms with Gasteiger partial charge in [0, 0.05) is 19.7 Å². The number of carbonyl (C=O) groups excluding carboxylic acids is 2. The zero-order valence-electron chi connectivity index (χ0n) is 20.0. The number of nitriles is 1. The Hall–Kier alpha value is -4.11. The van der Waals surface area contributed by atoms with Crippen molar-refractivity contribution in [3.8, 4) is 28.4 Å². The summed E-state index contributed by atoms with van der Waals surface area (Å²) in [4.78, 5) is 26.0. The van der Waals surface area contributed by atoms with Crippen molar-refractivity contribution in [2.24, 2.45) is 5.92 Å². The lowest BCUT2D eigenvalue weighted by molar-refractivity contribution is -0.142. The molecule has 0 bridgehead atoms. The molecule has 0 fully saturated rings. The van der Waals surface area contributed by atoms with E-state index in [2.05, 4.69) is 29.6 Å². The first kappa shape index (κ1) is 24.5. The minimum atomic E-state index is -0.734. The summed E-state index contributed by atoms with van der Waals surface area (Å²) in [5.41, 5.74) is 4.66. The van der Waals surface area contributed by atoms with E-state index in [4.69, 9.17) is 5.26 Å². The first-order valence-corrected chi connectivity index (χ1v) is 11.3. The summed E-state index contributed by atoms with van der Waals surface area (Å²) in [6.45, 7) is 3.97. The van der Waals surface area contributed by atoms with Crippen molar-refractivity contribution in [3.63, 3.8) is 0 Å². The van der Waals surface area contributed by atoms with E-state index < -0.39 is 6.04 Å². The zero-order valence-corrected chi connectivity index (χ0v) is 20.0. The smallest absolute Gasteiger partial charge is 0.263 e. The number of carbonyl (C=O) groups is 2. The molecule has 3 rings (SSSR count). The molecule has 2 amide bonds. The molecule has 0 aromatic heterocycles. The zero-order chi connectivity index (χ0) is 24.7. The average molecular weight is 455 g/mol. The second-order valence-corrected chi connectivity index (χ2v) is 8.67. The monoisotopic (exact) mass is 454 g/mol. The third-order valence-electron chi connectivity index (χ3n) is 5.67. The van der Waals surface area contributed by atoms with Crippen LogP contribution < -0.4 is 5.32 Å². The summed E-state index contributed by atoms with van der Waals surface area (Å²) in [6, 6.07) is 25.0. The van der Waals surface area contributed by atoms with E-state index in [1.54, 1.807) is 6.07 Å². The summed E-state index contributed by atoms with van der Waals surface area (Å²) in [5, 5.41) is 14.3. The maximum Gasteiger partial charge on any atom is 0.263 e. The number of nitrogens with zero attached hydrogens (tertiary/aromatic N) is 3. The van der Waals surface area contributed by atoms with E-state index in [9.17, 15) is 9.59 Å². The highest BCUT2D eigenvalue weighted by atomic mass is 16.2. The molecule has 1 atom stereocenters. The van der Waals surface area contributed by atoms with Gasteiger partial charge in [0.15, 0.2) is 6.19 Å². The number of hydrazine groups is 1. The molecule has 34 heavy (non-hydrogen) atoms. The maximum absolute atomic E-state index is 13.1. The van der Waals surface area contributed by atoms with Crippen LogP contribution in [0.1, 0.15) is 30.6 Å². The van der Waals surface area contributed by atoms with Crippen molar-refractivity contribution in [2.45, 2.75) is 26.3 Å². The summed E-state index contributed by atoms with van der Waals surface area (Å²) in [6.07, 6.45) is 2.37.